The van der Waals surface area contributed by atoms with Crippen molar-refractivity contribution in [1.82, 2.24) is 9.88 Å². The first-order valence-corrected chi connectivity index (χ1v) is 7.73. The summed E-state index contributed by atoms with van der Waals surface area (Å²) in [5.41, 5.74) is 1.11. The zero-order valence-electron chi connectivity index (χ0n) is 11.8. The summed E-state index contributed by atoms with van der Waals surface area (Å²) in [6.07, 6.45) is 3.67. The highest BCUT2D eigenvalue weighted by atomic mass is 32.1. The molecular weight excluding hydrogens is 272 g/mol. The van der Waals surface area contributed by atoms with Crippen LogP contribution in [0.25, 0.3) is 0 Å². The third-order valence-corrected chi connectivity index (χ3v) is 5.07. The zero-order chi connectivity index (χ0) is 14.1. The van der Waals surface area contributed by atoms with E-state index in [0.717, 1.165) is 36.6 Å². The van der Waals surface area contributed by atoms with Gasteiger partial charge in [0.25, 0.3) is 5.91 Å². The second-order valence-corrected chi connectivity index (χ2v) is 6.50. The predicted molar refractivity (Wildman–Crippen MR) is 78.2 cm³/mol. The molecule has 1 atom stereocenters. The van der Waals surface area contributed by atoms with Gasteiger partial charge in [-0.3, -0.25) is 4.79 Å². The highest BCUT2D eigenvalue weighted by molar-refractivity contribution is 7.11. The van der Waals surface area contributed by atoms with E-state index in [9.17, 15) is 4.79 Å². The number of piperidine rings is 1. The van der Waals surface area contributed by atoms with Crippen molar-refractivity contribution < 1.29 is 9.21 Å². The summed E-state index contributed by atoms with van der Waals surface area (Å²) in [7, 11) is 0. The third-order valence-electron chi connectivity index (χ3n) is 3.83. The summed E-state index contributed by atoms with van der Waals surface area (Å²) < 4.78 is 5.21. The molecule has 3 heterocycles. The van der Waals surface area contributed by atoms with Crippen LogP contribution in [0, 0.1) is 13.8 Å². The molecule has 106 valence electrons. The fraction of sp³-hybridized carbons (Fsp3) is 0.467. The zero-order valence-corrected chi connectivity index (χ0v) is 12.6. The molecule has 1 saturated heterocycles. The highest BCUT2D eigenvalue weighted by Crippen LogP contribution is 2.31. The van der Waals surface area contributed by atoms with Gasteiger partial charge in [0.15, 0.2) is 5.76 Å². The molecule has 1 aliphatic rings. The van der Waals surface area contributed by atoms with Gasteiger partial charge in [0, 0.05) is 23.9 Å². The molecule has 0 aliphatic carbocycles. The van der Waals surface area contributed by atoms with Crippen molar-refractivity contribution in [1.29, 1.82) is 0 Å². The van der Waals surface area contributed by atoms with E-state index >= 15 is 0 Å². The normalized spacial score (nSPS) is 19.3. The monoisotopic (exact) mass is 290 g/mol. The van der Waals surface area contributed by atoms with Gasteiger partial charge in [0.1, 0.15) is 0 Å². The smallest absolute Gasteiger partial charge is 0.289 e. The Labute approximate surface area is 122 Å². The average Bonchev–Trinajstić information content (AvgIpc) is 3.09. The van der Waals surface area contributed by atoms with Gasteiger partial charge < -0.3 is 9.32 Å². The Morgan fingerprint density at radius 1 is 1.50 bits per heavy atom. The van der Waals surface area contributed by atoms with Gasteiger partial charge in [-0.2, -0.15) is 0 Å². The molecule has 2 aromatic heterocycles. The number of carbonyl (C=O) groups excluding carboxylic acids is 1. The van der Waals surface area contributed by atoms with E-state index in [1.54, 1.807) is 29.7 Å². The van der Waals surface area contributed by atoms with Crippen LogP contribution in [0.4, 0.5) is 0 Å². The first kappa shape index (κ1) is 13.4. The van der Waals surface area contributed by atoms with Crippen LogP contribution in [0.15, 0.2) is 22.8 Å². The fourth-order valence-electron chi connectivity index (χ4n) is 2.59. The van der Waals surface area contributed by atoms with Crippen LogP contribution >= 0.6 is 11.3 Å². The second kappa shape index (κ2) is 5.40. The summed E-state index contributed by atoms with van der Waals surface area (Å²) in [6, 6.07) is 3.48. The number of hydrogen-bond donors (Lipinski definition) is 0. The van der Waals surface area contributed by atoms with E-state index < -0.39 is 0 Å². The van der Waals surface area contributed by atoms with E-state index in [4.69, 9.17) is 4.42 Å². The maximum absolute atomic E-state index is 12.3. The summed E-state index contributed by atoms with van der Waals surface area (Å²) in [6.45, 7) is 5.69. The SMILES string of the molecule is Cc1nc([C@H]2CCCN(C(=O)c3ccco3)C2)sc1C. The molecule has 1 amide bonds. The number of nitrogens with zero attached hydrogens (tertiary/aromatic N) is 2. The molecule has 1 fully saturated rings. The number of hydrogen-bond acceptors (Lipinski definition) is 4. The molecule has 5 heteroatoms. The number of furan rings is 1. The molecule has 0 bridgehead atoms. The van der Waals surface area contributed by atoms with Crippen molar-refractivity contribution in [3.63, 3.8) is 0 Å². The molecular formula is C15H18N2O2S. The molecule has 20 heavy (non-hydrogen) atoms. The average molecular weight is 290 g/mol. The number of carbonyl (C=O) groups is 1. The number of thiazole rings is 1. The van der Waals surface area contributed by atoms with Crippen molar-refractivity contribution >= 4 is 17.2 Å². The van der Waals surface area contributed by atoms with Crippen LogP contribution in [0.2, 0.25) is 0 Å². The van der Waals surface area contributed by atoms with Gasteiger partial charge in [-0.1, -0.05) is 0 Å². The Bertz CT molecular complexity index is 584. The van der Waals surface area contributed by atoms with E-state index in [-0.39, 0.29) is 5.91 Å². The maximum atomic E-state index is 12.3. The van der Waals surface area contributed by atoms with Crippen LogP contribution < -0.4 is 0 Å². The van der Waals surface area contributed by atoms with Gasteiger partial charge in [0.05, 0.1) is 17.0 Å². The van der Waals surface area contributed by atoms with Crippen molar-refractivity contribution in [3.8, 4) is 0 Å². The minimum Gasteiger partial charge on any atom is -0.459 e. The number of aromatic nitrogens is 1. The van der Waals surface area contributed by atoms with E-state index in [2.05, 4.69) is 11.9 Å². The van der Waals surface area contributed by atoms with Gasteiger partial charge >= 0.3 is 0 Å². The molecule has 0 unspecified atom stereocenters. The van der Waals surface area contributed by atoms with Crippen LogP contribution in [0.1, 0.15) is 44.9 Å². The van der Waals surface area contributed by atoms with Crippen molar-refractivity contribution in [2.75, 3.05) is 13.1 Å². The summed E-state index contributed by atoms with van der Waals surface area (Å²) in [5.74, 6) is 0.780. The minimum absolute atomic E-state index is 0.00954. The largest absolute Gasteiger partial charge is 0.459 e. The first-order chi connectivity index (χ1) is 9.65. The van der Waals surface area contributed by atoms with Crippen molar-refractivity contribution in [2.45, 2.75) is 32.6 Å². The molecule has 0 aromatic carbocycles. The van der Waals surface area contributed by atoms with Crippen molar-refractivity contribution in [3.05, 3.63) is 39.7 Å². The van der Waals surface area contributed by atoms with Gasteiger partial charge in [-0.15, -0.1) is 11.3 Å². The predicted octanol–water partition coefficient (Wildman–Crippen LogP) is 3.37. The summed E-state index contributed by atoms with van der Waals surface area (Å²) >= 11 is 1.76. The lowest BCUT2D eigenvalue weighted by molar-refractivity contribution is 0.0675. The molecule has 4 nitrogen and oxygen atoms in total. The highest BCUT2D eigenvalue weighted by Gasteiger charge is 2.28. The topological polar surface area (TPSA) is 46.3 Å². The second-order valence-electron chi connectivity index (χ2n) is 5.26. The van der Waals surface area contributed by atoms with E-state index in [1.165, 1.54) is 4.88 Å². The maximum Gasteiger partial charge on any atom is 0.289 e. The lowest BCUT2D eigenvalue weighted by Gasteiger charge is -2.31. The van der Waals surface area contributed by atoms with Crippen LogP contribution in [-0.2, 0) is 0 Å². The van der Waals surface area contributed by atoms with Gasteiger partial charge in [-0.25, -0.2) is 4.98 Å². The Kier molecular flexibility index (Phi) is 3.61. The molecule has 0 spiro atoms. The number of likely N-dealkylation sites (tertiary alicyclic amines) is 1. The number of amides is 1. The van der Waals surface area contributed by atoms with Crippen LogP contribution in [0.5, 0.6) is 0 Å². The minimum atomic E-state index is -0.00954. The lowest BCUT2D eigenvalue weighted by Crippen LogP contribution is -2.38. The summed E-state index contributed by atoms with van der Waals surface area (Å²) in [5, 5.41) is 1.16. The number of aryl methyl sites for hydroxylation is 2. The Morgan fingerprint density at radius 3 is 3.00 bits per heavy atom. The van der Waals surface area contributed by atoms with E-state index in [0.29, 0.717) is 11.7 Å². The van der Waals surface area contributed by atoms with Crippen molar-refractivity contribution in [2.24, 2.45) is 0 Å². The Balaban J connectivity index is 1.75. The molecule has 1 aliphatic heterocycles. The van der Waals surface area contributed by atoms with Gasteiger partial charge in [0.2, 0.25) is 0 Å². The van der Waals surface area contributed by atoms with Gasteiger partial charge in [-0.05, 0) is 38.8 Å². The molecule has 0 radical (unpaired) electrons. The molecule has 2 aromatic rings. The Morgan fingerprint density at radius 2 is 2.35 bits per heavy atom. The Hall–Kier alpha value is -1.62. The van der Waals surface area contributed by atoms with Crippen LogP contribution in [0.3, 0.4) is 0 Å². The number of rotatable bonds is 2. The fourth-order valence-corrected chi connectivity index (χ4v) is 3.64. The lowest BCUT2D eigenvalue weighted by atomic mass is 9.98. The standard InChI is InChI=1S/C15H18N2O2S/c1-10-11(2)20-14(16-10)12-5-3-7-17(9-12)15(18)13-6-4-8-19-13/h4,6,8,12H,3,5,7,9H2,1-2H3/t12-/m0/s1. The quantitative estimate of drug-likeness (QED) is 0.852. The molecule has 3 rings (SSSR count). The third kappa shape index (κ3) is 2.50. The molecule has 0 saturated carbocycles. The van der Waals surface area contributed by atoms with E-state index in [1.807, 2.05) is 11.8 Å². The molecule has 0 N–H and O–H groups in total. The summed E-state index contributed by atoms with van der Waals surface area (Å²) in [4.78, 5) is 20.1. The first-order valence-electron chi connectivity index (χ1n) is 6.92. The van der Waals surface area contributed by atoms with Crippen LogP contribution in [-0.4, -0.2) is 28.9 Å².